The average Bonchev–Trinajstić information content (AvgIpc) is 3.06. The molecule has 4 nitrogen and oxygen atoms in total. The van der Waals surface area contributed by atoms with Crippen LogP contribution < -0.4 is 5.32 Å². The molecule has 0 saturated carbocycles. The van der Waals surface area contributed by atoms with Crippen molar-refractivity contribution in [2.24, 2.45) is 0 Å². The van der Waals surface area contributed by atoms with Gasteiger partial charge in [-0.3, -0.25) is 4.79 Å². The lowest BCUT2D eigenvalue weighted by Gasteiger charge is -2.06. The molecule has 0 aliphatic carbocycles. The Kier molecular flexibility index (Phi) is 7.69. The van der Waals surface area contributed by atoms with E-state index in [-0.39, 0.29) is 11.7 Å². The summed E-state index contributed by atoms with van der Waals surface area (Å²) >= 11 is 1.35. The molecule has 0 spiro atoms. The maximum atomic E-state index is 13.4. The summed E-state index contributed by atoms with van der Waals surface area (Å²) in [5.41, 5.74) is 0. The van der Waals surface area contributed by atoms with Crippen molar-refractivity contribution in [2.45, 2.75) is 24.3 Å². The van der Waals surface area contributed by atoms with Crippen LogP contribution in [-0.2, 0) is 16.1 Å². The Morgan fingerprint density at radius 1 is 1.26 bits per heavy atom. The first-order valence-corrected chi connectivity index (χ1v) is 8.48. The quantitative estimate of drug-likeness (QED) is 0.531. The molecular weight excluding hydrogens is 317 g/mol. The third kappa shape index (κ3) is 6.88. The molecule has 23 heavy (non-hydrogen) atoms. The van der Waals surface area contributed by atoms with E-state index in [1.54, 1.807) is 24.5 Å². The molecule has 6 heteroatoms. The molecule has 0 aliphatic rings. The molecule has 2 aromatic rings. The van der Waals surface area contributed by atoms with E-state index in [9.17, 15) is 9.18 Å². The summed E-state index contributed by atoms with van der Waals surface area (Å²) in [6, 6.07) is 10.3. The predicted molar refractivity (Wildman–Crippen MR) is 87.7 cm³/mol. The number of thioether (sulfide) groups is 1. The first-order chi connectivity index (χ1) is 11.3. The second-order valence-corrected chi connectivity index (χ2v) is 6.00. The monoisotopic (exact) mass is 337 g/mol. The lowest BCUT2D eigenvalue weighted by molar-refractivity contribution is -0.120. The number of hydrogen-bond acceptors (Lipinski definition) is 4. The van der Waals surface area contributed by atoms with Crippen LogP contribution in [0.1, 0.15) is 18.6 Å². The van der Waals surface area contributed by atoms with Crippen LogP contribution in [-0.4, -0.2) is 24.8 Å². The molecule has 0 bridgehead atoms. The van der Waals surface area contributed by atoms with E-state index >= 15 is 0 Å². The molecule has 1 amide bonds. The number of carbonyl (C=O) groups is 1. The molecule has 0 radical (unpaired) electrons. The van der Waals surface area contributed by atoms with E-state index in [1.165, 1.54) is 17.8 Å². The standard InChI is InChI=1S/C17H20FNO3S/c18-15-6-1-2-7-16(15)23-12-8-17(20)19-9-4-10-21-13-14-5-3-11-22-14/h1-3,5-7,11H,4,8-10,12-13H2,(H,19,20). The minimum atomic E-state index is -0.244. The average molecular weight is 337 g/mol. The fraction of sp³-hybridized carbons (Fsp3) is 0.353. The van der Waals surface area contributed by atoms with E-state index in [2.05, 4.69) is 5.32 Å². The molecule has 0 atom stereocenters. The summed E-state index contributed by atoms with van der Waals surface area (Å²) in [4.78, 5) is 12.2. The van der Waals surface area contributed by atoms with Crippen molar-refractivity contribution in [2.75, 3.05) is 18.9 Å². The minimum Gasteiger partial charge on any atom is -0.467 e. The van der Waals surface area contributed by atoms with Crippen molar-refractivity contribution in [3.05, 3.63) is 54.2 Å². The van der Waals surface area contributed by atoms with Crippen molar-refractivity contribution >= 4 is 17.7 Å². The van der Waals surface area contributed by atoms with Crippen molar-refractivity contribution in [3.63, 3.8) is 0 Å². The number of halogens is 1. The van der Waals surface area contributed by atoms with Crippen LogP contribution in [0.15, 0.2) is 52.0 Å². The van der Waals surface area contributed by atoms with E-state index in [4.69, 9.17) is 9.15 Å². The SMILES string of the molecule is O=C(CCSc1ccccc1F)NCCCOCc1ccco1. The van der Waals surface area contributed by atoms with Crippen molar-refractivity contribution < 1.29 is 18.3 Å². The Morgan fingerprint density at radius 3 is 2.91 bits per heavy atom. The zero-order chi connectivity index (χ0) is 16.3. The Bertz CT molecular complexity index is 589. The maximum absolute atomic E-state index is 13.4. The molecule has 124 valence electrons. The highest BCUT2D eigenvalue weighted by atomic mass is 32.2. The lowest BCUT2D eigenvalue weighted by Crippen LogP contribution is -2.25. The Labute approximate surface area is 139 Å². The van der Waals surface area contributed by atoms with Gasteiger partial charge in [0.1, 0.15) is 18.2 Å². The largest absolute Gasteiger partial charge is 0.467 e. The Balaban J connectivity index is 1.48. The van der Waals surface area contributed by atoms with Gasteiger partial charge in [-0.25, -0.2) is 4.39 Å². The summed E-state index contributed by atoms with van der Waals surface area (Å²) in [5.74, 6) is 1.08. The van der Waals surface area contributed by atoms with Gasteiger partial charge in [0.2, 0.25) is 5.91 Å². The summed E-state index contributed by atoms with van der Waals surface area (Å²) in [6.45, 7) is 1.58. The highest BCUT2D eigenvalue weighted by Gasteiger charge is 2.04. The molecule has 0 saturated heterocycles. The zero-order valence-corrected chi connectivity index (χ0v) is 13.6. The van der Waals surface area contributed by atoms with Gasteiger partial charge in [0, 0.05) is 30.2 Å². The van der Waals surface area contributed by atoms with Crippen LogP contribution in [0.4, 0.5) is 4.39 Å². The molecule has 1 heterocycles. The molecule has 1 N–H and O–H groups in total. The van der Waals surface area contributed by atoms with Gasteiger partial charge in [-0.15, -0.1) is 11.8 Å². The topological polar surface area (TPSA) is 51.5 Å². The Hall–Kier alpha value is -1.79. The molecule has 1 aromatic heterocycles. The van der Waals surface area contributed by atoms with Gasteiger partial charge >= 0.3 is 0 Å². The second kappa shape index (κ2) is 10.1. The minimum absolute atomic E-state index is 0.0279. The number of hydrogen-bond donors (Lipinski definition) is 1. The first-order valence-electron chi connectivity index (χ1n) is 7.50. The number of furan rings is 1. The number of ether oxygens (including phenoxy) is 1. The Morgan fingerprint density at radius 2 is 2.13 bits per heavy atom. The molecule has 0 aliphatic heterocycles. The van der Waals surface area contributed by atoms with Gasteiger partial charge in [0.25, 0.3) is 0 Å². The maximum Gasteiger partial charge on any atom is 0.220 e. The highest BCUT2D eigenvalue weighted by Crippen LogP contribution is 2.21. The van der Waals surface area contributed by atoms with Crippen LogP contribution in [0.5, 0.6) is 0 Å². The van der Waals surface area contributed by atoms with E-state index < -0.39 is 0 Å². The van der Waals surface area contributed by atoms with Crippen LogP contribution in [0.3, 0.4) is 0 Å². The van der Waals surface area contributed by atoms with Crippen LogP contribution >= 0.6 is 11.8 Å². The molecule has 1 aromatic carbocycles. The smallest absolute Gasteiger partial charge is 0.220 e. The third-order valence-electron chi connectivity index (χ3n) is 3.04. The van der Waals surface area contributed by atoms with Crippen LogP contribution in [0, 0.1) is 5.82 Å². The highest BCUT2D eigenvalue weighted by molar-refractivity contribution is 7.99. The number of carbonyl (C=O) groups excluding carboxylic acids is 1. The predicted octanol–water partition coefficient (Wildman–Crippen LogP) is 3.62. The van der Waals surface area contributed by atoms with Gasteiger partial charge in [-0.05, 0) is 30.7 Å². The van der Waals surface area contributed by atoms with Crippen LogP contribution in [0.25, 0.3) is 0 Å². The van der Waals surface area contributed by atoms with Gasteiger partial charge in [-0.2, -0.15) is 0 Å². The fourth-order valence-electron chi connectivity index (χ4n) is 1.87. The number of rotatable bonds is 10. The van der Waals surface area contributed by atoms with Crippen LogP contribution in [0.2, 0.25) is 0 Å². The molecule has 0 unspecified atom stereocenters. The zero-order valence-electron chi connectivity index (χ0n) is 12.8. The number of benzene rings is 1. The third-order valence-corrected chi connectivity index (χ3v) is 4.09. The van der Waals surface area contributed by atoms with Gasteiger partial charge < -0.3 is 14.5 Å². The van der Waals surface area contributed by atoms with Crippen molar-refractivity contribution in [3.8, 4) is 0 Å². The molecule has 2 rings (SSSR count). The second-order valence-electron chi connectivity index (χ2n) is 4.86. The molecule has 0 fully saturated rings. The number of nitrogens with one attached hydrogen (secondary N) is 1. The fourth-order valence-corrected chi connectivity index (χ4v) is 2.76. The summed E-state index contributed by atoms with van der Waals surface area (Å²) in [5, 5.41) is 2.83. The number of amides is 1. The summed E-state index contributed by atoms with van der Waals surface area (Å²) in [6.07, 6.45) is 2.72. The van der Waals surface area contributed by atoms with Gasteiger partial charge in [0.05, 0.1) is 6.26 Å². The van der Waals surface area contributed by atoms with E-state index in [1.807, 2.05) is 12.1 Å². The summed E-state index contributed by atoms with van der Waals surface area (Å²) in [7, 11) is 0. The van der Waals surface area contributed by atoms with Crippen molar-refractivity contribution in [1.82, 2.24) is 5.32 Å². The van der Waals surface area contributed by atoms with Gasteiger partial charge in [0.15, 0.2) is 0 Å². The summed E-state index contributed by atoms with van der Waals surface area (Å²) < 4.78 is 24.0. The molecular formula is C17H20FNO3S. The van der Waals surface area contributed by atoms with Gasteiger partial charge in [-0.1, -0.05) is 12.1 Å². The van der Waals surface area contributed by atoms with Crippen molar-refractivity contribution in [1.29, 1.82) is 0 Å². The first kappa shape index (κ1) is 17.6. The normalized spacial score (nSPS) is 10.7. The van der Waals surface area contributed by atoms with E-state index in [0.29, 0.717) is 36.8 Å². The van der Waals surface area contributed by atoms with E-state index in [0.717, 1.165) is 12.2 Å². The lowest BCUT2D eigenvalue weighted by atomic mass is 10.3.